The van der Waals surface area contributed by atoms with Gasteiger partial charge in [0.25, 0.3) is 5.91 Å². The fourth-order valence-electron chi connectivity index (χ4n) is 3.06. The van der Waals surface area contributed by atoms with E-state index in [1.165, 1.54) is 19.5 Å². The van der Waals surface area contributed by atoms with Crippen LogP contribution < -0.4 is 10.1 Å². The van der Waals surface area contributed by atoms with E-state index in [9.17, 15) is 9.00 Å². The van der Waals surface area contributed by atoms with Crippen molar-refractivity contribution in [1.29, 1.82) is 0 Å². The first-order valence-corrected chi connectivity index (χ1v) is 12.7. The first-order chi connectivity index (χ1) is 16.3. The van der Waals surface area contributed by atoms with E-state index in [2.05, 4.69) is 25.5 Å². The number of benzene rings is 1. The summed E-state index contributed by atoms with van der Waals surface area (Å²) in [5.41, 5.74) is 3.01. The van der Waals surface area contributed by atoms with Crippen molar-refractivity contribution in [2.45, 2.75) is 17.0 Å². The molecular formula is C22H17Cl2N5O3S2. The van der Waals surface area contributed by atoms with Gasteiger partial charge < -0.3 is 4.74 Å². The summed E-state index contributed by atoms with van der Waals surface area (Å²) >= 11 is 13.0. The van der Waals surface area contributed by atoms with Gasteiger partial charge in [-0.3, -0.25) is 19.3 Å². The second kappa shape index (κ2) is 10.6. The van der Waals surface area contributed by atoms with Crippen LogP contribution >= 0.6 is 34.5 Å². The van der Waals surface area contributed by atoms with Gasteiger partial charge in [0.05, 0.1) is 35.4 Å². The van der Waals surface area contributed by atoms with Gasteiger partial charge >= 0.3 is 0 Å². The maximum atomic E-state index is 13.1. The van der Waals surface area contributed by atoms with Crippen LogP contribution in [0.3, 0.4) is 0 Å². The van der Waals surface area contributed by atoms with E-state index >= 15 is 0 Å². The number of aromatic nitrogens is 4. The molecule has 1 aromatic carbocycles. The van der Waals surface area contributed by atoms with Crippen molar-refractivity contribution in [2.24, 2.45) is 0 Å². The molecule has 1 unspecified atom stereocenters. The molecule has 8 nitrogen and oxygen atoms in total. The highest BCUT2D eigenvalue weighted by Crippen LogP contribution is 2.34. The van der Waals surface area contributed by atoms with Crippen LogP contribution in [-0.4, -0.2) is 37.4 Å². The zero-order valence-electron chi connectivity index (χ0n) is 17.9. The highest BCUT2D eigenvalue weighted by Gasteiger charge is 2.20. The van der Waals surface area contributed by atoms with Crippen LogP contribution in [0.5, 0.6) is 5.75 Å². The summed E-state index contributed by atoms with van der Waals surface area (Å²) in [4.78, 5) is 21.4. The smallest absolute Gasteiger partial charge is 0.259 e. The maximum absolute atomic E-state index is 13.1. The van der Waals surface area contributed by atoms with Gasteiger partial charge in [-0.05, 0) is 36.8 Å². The molecule has 0 aliphatic carbocycles. The molecule has 1 amide bonds. The molecular weight excluding hydrogens is 517 g/mol. The topological polar surface area (TPSA) is 107 Å². The number of methoxy groups -OCH3 is 1. The Morgan fingerprint density at radius 3 is 2.59 bits per heavy atom. The van der Waals surface area contributed by atoms with Crippen LogP contribution in [0.1, 0.15) is 21.6 Å². The number of amides is 1. The summed E-state index contributed by atoms with van der Waals surface area (Å²) in [7, 11) is 0.0854. The van der Waals surface area contributed by atoms with E-state index in [1.807, 2.05) is 6.92 Å². The van der Waals surface area contributed by atoms with Gasteiger partial charge in [0.1, 0.15) is 10.9 Å². The highest BCUT2D eigenvalue weighted by atomic mass is 35.5. The molecule has 3 heterocycles. The monoisotopic (exact) mass is 533 g/mol. The molecule has 1 N–H and O–H groups in total. The van der Waals surface area contributed by atoms with Gasteiger partial charge in [0, 0.05) is 28.0 Å². The quantitative estimate of drug-likeness (QED) is 0.257. The molecule has 12 heteroatoms. The molecule has 34 heavy (non-hydrogen) atoms. The molecule has 0 spiro atoms. The fourth-order valence-corrected chi connectivity index (χ4v) is 5.36. The van der Waals surface area contributed by atoms with Crippen LogP contribution in [-0.2, 0) is 16.6 Å². The fraction of sp³-hybridized carbons (Fsp3) is 0.136. The zero-order chi connectivity index (χ0) is 24.2. The van der Waals surface area contributed by atoms with E-state index in [4.69, 9.17) is 27.9 Å². The number of carbonyl (C=O) groups is 1. The Bertz CT molecular complexity index is 1380. The molecule has 0 radical (unpaired) electrons. The highest BCUT2D eigenvalue weighted by molar-refractivity contribution is 7.86. The average Bonchev–Trinajstić information content (AvgIpc) is 3.29. The number of aryl methyl sites for hydroxylation is 1. The standard InChI is InChI=1S/C22H17Cl2N5O3S2/c1-12-7-15(16-8-19(24)26-10-18(16)32-2)17(9-25-12)20(30)27-21-28-29-22(33-21)34(31)11-13-3-5-14(23)6-4-13/h3-10H,11H2,1-2H3,(H,27,28,30). The summed E-state index contributed by atoms with van der Waals surface area (Å²) < 4.78 is 18.4. The van der Waals surface area contributed by atoms with Crippen molar-refractivity contribution in [2.75, 3.05) is 12.4 Å². The molecule has 4 rings (SSSR count). The minimum absolute atomic E-state index is 0.218. The molecule has 4 aromatic rings. The van der Waals surface area contributed by atoms with Gasteiger partial charge in [-0.25, -0.2) is 4.98 Å². The Balaban J connectivity index is 1.56. The third kappa shape index (κ3) is 5.58. The van der Waals surface area contributed by atoms with E-state index in [-0.39, 0.29) is 21.6 Å². The third-order valence-electron chi connectivity index (χ3n) is 4.66. The Kier molecular flexibility index (Phi) is 7.52. The lowest BCUT2D eigenvalue weighted by atomic mass is 10.0. The third-order valence-corrected chi connectivity index (χ3v) is 7.63. The zero-order valence-corrected chi connectivity index (χ0v) is 21.1. The number of nitrogens with zero attached hydrogens (tertiary/aromatic N) is 4. The maximum Gasteiger partial charge on any atom is 0.259 e. The number of rotatable bonds is 7. The molecule has 0 saturated heterocycles. The number of anilines is 1. The van der Waals surface area contributed by atoms with Crippen molar-refractivity contribution in [3.63, 3.8) is 0 Å². The van der Waals surface area contributed by atoms with Crippen molar-refractivity contribution >= 4 is 56.4 Å². The second-order valence-electron chi connectivity index (χ2n) is 7.02. The largest absolute Gasteiger partial charge is 0.494 e. The number of pyridine rings is 2. The number of ether oxygens (including phenoxy) is 1. The summed E-state index contributed by atoms with van der Waals surface area (Å²) in [6.45, 7) is 1.81. The van der Waals surface area contributed by atoms with E-state index in [0.29, 0.717) is 31.9 Å². The molecule has 0 saturated carbocycles. The molecule has 0 aliphatic rings. The van der Waals surface area contributed by atoms with Crippen molar-refractivity contribution in [3.8, 4) is 16.9 Å². The SMILES string of the molecule is COc1cnc(Cl)cc1-c1cc(C)ncc1C(=O)Nc1nnc(S(=O)Cc2ccc(Cl)cc2)s1. The van der Waals surface area contributed by atoms with Crippen LogP contribution in [0.4, 0.5) is 5.13 Å². The van der Waals surface area contributed by atoms with Crippen LogP contribution in [0.25, 0.3) is 11.1 Å². The minimum Gasteiger partial charge on any atom is -0.494 e. The lowest BCUT2D eigenvalue weighted by Gasteiger charge is -2.13. The van der Waals surface area contributed by atoms with Gasteiger partial charge in [0.15, 0.2) is 0 Å². The number of hydrogen-bond donors (Lipinski definition) is 1. The minimum atomic E-state index is -1.42. The first-order valence-electron chi connectivity index (χ1n) is 9.78. The van der Waals surface area contributed by atoms with Crippen LogP contribution in [0, 0.1) is 6.92 Å². The summed E-state index contributed by atoms with van der Waals surface area (Å²) in [6.07, 6.45) is 2.95. The Hall–Kier alpha value is -2.92. The molecule has 0 aliphatic heterocycles. The average molecular weight is 534 g/mol. The van der Waals surface area contributed by atoms with Gasteiger partial charge in [-0.1, -0.05) is 46.7 Å². The van der Waals surface area contributed by atoms with Crippen molar-refractivity contribution in [1.82, 2.24) is 20.2 Å². The lowest BCUT2D eigenvalue weighted by molar-refractivity contribution is 0.102. The van der Waals surface area contributed by atoms with Crippen LogP contribution in [0.2, 0.25) is 10.2 Å². The van der Waals surface area contributed by atoms with Crippen molar-refractivity contribution in [3.05, 3.63) is 75.8 Å². The summed E-state index contributed by atoms with van der Waals surface area (Å²) in [5.74, 6) is 0.262. The molecule has 3 aromatic heterocycles. The molecule has 1 atom stereocenters. The molecule has 0 fully saturated rings. The lowest BCUT2D eigenvalue weighted by Crippen LogP contribution is -2.14. The first kappa shape index (κ1) is 24.2. The normalized spacial score (nSPS) is 11.8. The Morgan fingerprint density at radius 1 is 1.09 bits per heavy atom. The Morgan fingerprint density at radius 2 is 1.85 bits per heavy atom. The van der Waals surface area contributed by atoms with Gasteiger partial charge in [0.2, 0.25) is 9.47 Å². The predicted octanol–water partition coefficient (Wildman–Crippen LogP) is 5.18. The Labute approximate surface area is 211 Å². The number of hydrogen-bond acceptors (Lipinski definition) is 8. The van der Waals surface area contributed by atoms with E-state index < -0.39 is 16.7 Å². The summed E-state index contributed by atoms with van der Waals surface area (Å²) in [5, 5.41) is 11.7. The van der Waals surface area contributed by atoms with Crippen LogP contribution in [0.15, 0.2) is 53.1 Å². The van der Waals surface area contributed by atoms with E-state index in [1.54, 1.807) is 36.4 Å². The number of halogens is 2. The summed E-state index contributed by atoms with van der Waals surface area (Å²) in [6, 6.07) is 10.5. The van der Waals surface area contributed by atoms with E-state index in [0.717, 1.165) is 16.9 Å². The van der Waals surface area contributed by atoms with Crippen molar-refractivity contribution < 1.29 is 13.7 Å². The van der Waals surface area contributed by atoms with Gasteiger partial charge in [-0.2, -0.15) is 0 Å². The predicted molar refractivity (Wildman–Crippen MR) is 133 cm³/mol. The molecule has 174 valence electrons. The van der Waals surface area contributed by atoms with Gasteiger partial charge in [-0.15, -0.1) is 10.2 Å². The number of carbonyl (C=O) groups excluding carboxylic acids is 1. The number of nitrogens with one attached hydrogen (secondary N) is 1. The molecule has 0 bridgehead atoms. The second-order valence-corrected chi connectivity index (χ2v) is 10.4.